The Morgan fingerprint density at radius 3 is 2.58 bits per heavy atom. The van der Waals surface area contributed by atoms with Crippen LogP contribution in [0.2, 0.25) is 0 Å². The molecule has 0 fully saturated rings. The molecule has 0 amide bonds. The number of aromatic nitrogens is 1. The Labute approximate surface area is 155 Å². The molecule has 0 radical (unpaired) electrons. The van der Waals surface area contributed by atoms with Gasteiger partial charge in [-0.1, -0.05) is 0 Å². The van der Waals surface area contributed by atoms with Crippen LogP contribution in [0.15, 0.2) is 24.4 Å². The lowest BCUT2D eigenvalue weighted by atomic mass is 10.0. The molecule has 1 aromatic heterocycles. The Morgan fingerprint density at radius 2 is 2.04 bits per heavy atom. The first-order valence-electron chi connectivity index (χ1n) is 8.34. The normalized spacial score (nSPS) is 14.7. The van der Waals surface area contributed by atoms with Crippen LogP contribution < -0.4 is 4.72 Å². The molecule has 0 saturated carbocycles. The predicted octanol–water partition coefficient (Wildman–Crippen LogP) is 4.70. The molecule has 0 bridgehead atoms. The number of halogens is 2. The third-order valence-electron chi connectivity index (χ3n) is 3.90. The van der Waals surface area contributed by atoms with Gasteiger partial charge in [-0.3, -0.25) is 4.57 Å². The van der Waals surface area contributed by atoms with Gasteiger partial charge < -0.3 is 9.29 Å². The smallest absolute Gasteiger partial charge is 0.418 e. The van der Waals surface area contributed by atoms with Crippen LogP contribution in [0.25, 0.3) is 10.9 Å². The summed E-state index contributed by atoms with van der Waals surface area (Å²) in [5.41, 5.74) is 0.692. The van der Waals surface area contributed by atoms with E-state index in [0.29, 0.717) is 16.5 Å². The number of nitrogens with zero attached hydrogens (tertiary/aromatic N) is 1. The first-order chi connectivity index (χ1) is 12.1. The fraction of sp³-hybridized carbons (Fsp3) is 0.500. The number of alkyl halides is 2. The zero-order valence-corrected chi connectivity index (χ0v) is 16.3. The molecule has 0 aliphatic heterocycles. The quantitative estimate of drug-likeness (QED) is 0.757. The van der Waals surface area contributed by atoms with Gasteiger partial charge in [0.25, 0.3) is 6.43 Å². The summed E-state index contributed by atoms with van der Waals surface area (Å²) in [7, 11) is 0. The van der Waals surface area contributed by atoms with Crippen LogP contribution in [0.4, 0.5) is 13.6 Å². The van der Waals surface area contributed by atoms with Crippen LogP contribution in [0.3, 0.4) is 0 Å². The summed E-state index contributed by atoms with van der Waals surface area (Å²) < 4.78 is 48.0. The fourth-order valence-corrected chi connectivity index (χ4v) is 3.29. The van der Waals surface area contributed by atoms with E-state index in [4.69, 9.17) is 4.74 Å². The zero-order chi connectivity index (χ0) is 19.6. The average molecular weight is 386 g/mol. The molecule has 2 aromatic rings. The van der Waals surface area contributed by atoms with Gasteiger partial charge in [-0.15, -0.1) is 4.72 Å². The molecule has 1 unspecified atom stereocenters. The first-order valence-corrected chi connectivity index (χ1v) is 9.49. The SMILES string of the molecule is CCOC(=O)n1ccc2c(C(F)F)cc(C(C)N[S@+]([O-])C(C)(C)C)cc21. The molecule has 0 saturated heterocycles. The summed E-state index contributed by atoms with van der Waals surface area (Å²) in [6, 6.07) is 4.07. The van der Waals surface area contributed by atoms with Gasteiger partial charge in [0.1, 0.15) is 4.75 Å². The highest BCUT2D eigenvalue weighted by Crippen LogP contribution is 2.32. The van der Waals surface area contributed by atoms with Crippen molar-refractivity contribution in [3.05, 3.63) is 35.5 Å². The molecule has 2 atom stereocenters. The lowest BCUT2D eigenvalue weighted by molar-refractivity contribution is 0.152. The molecular weight excluding hydrogens is 362 g/mol. The number of carbonyl (C=O) groups is 1. The summed E-state index contributed by atoms with van der Waals surface area (Å²) >= 11 is -1.36. The topological polar surface area (TPSA) is 66.3 Å². The molecule has 26 heavy (non-hydrogen) atoms. The van der Waals surface area contributed by atoms with Crippen molar-refractivity contribution in [3.63, 3.8) is 0 Å². The first kappa shape index (κ1) is 20.7. The number of nitrogens with one attached hydrogen (secondary N) is 1. The van der Waals surface area contributed by atoms with Gasteiger partial charge in [-0.05, 0) is 58.4 Å². The summed E-state index contributed by atoms with van der Waals surface area (Å²) in [5, 5.41) is 0.293. The van der Waals surface area contributed by atoms with Crippen LogP contribution in [0, 0.1) is 0 Å². The van der Waals surface area contributed by atoms with E-state index >= 15 is 0 Å². The zero-order valence-electron chi connectivity index (χ0n) is 15.5. The molecule has 0 aliphatic carbocycles. The van der Waals surface area contributed by atoms with Crippen molar-refractivity contribution in [3.8, 4) is 0 Å². The van der Waals surface area contributed by atoms with Gasteiger partial charge in [0.2, 0.25) is 0 Å². The Hall–Kier alpha value is -1.64. The molecule has 2 rings (SSSR count). The van der Waals surface area contributed by atoms with Gasteiger partial charge in [0, 0.05) is 28.5 Å². The van der Waals surface area contributed by atoms with E-state index in [2.05, 4.69) is 4.72 Å². The van der Waals surface area contributed by atoms with E-state index < -0.39 is 34.7 Å². The number of ether oxygens (including phenoxy) is 1. The van der Waals surface area contributed by atoms with E-state index in [1.165, 1.54) is 22.9 Å². The highest BCUT2D eigenvalue weighted by Gasteiger charge is 2.29. The summed E-state index contributed by atoms with van der Waals surface area (Å²) in [4.78, 5) is 12.1. The average Bonchev–Trinajstić information content (AvgIpc) is 2.96. The minimum absolute atomic E-state index is 0.171. The molecule has 1 N–H and O–H groups in total. The second-order valence-electron chi connectivity index (χ2n) is 6.95. The van der Waals surface area contributed by atoms with Crippen molar-refractivity contribution in [1.29, 1.82) is 0 Å². The molecular formula is C18H24F2N2O3S. The lowest BCUT2D eigenvalue weighted by Crippen LogP contribution is -2.40. The maximum Gasteiger partial charge on any atom is 0.418 e. The Morgan fingerprint density at radius 1 is 1.38 bits per heavy atom. The van der Waals surface area contributed by atoms with Crippen molar-refractivity contribution in [2.45, 2.75) is 51.8 Å². The molecule has 1 aromatic carbocycles. The van der Waals surface area contributed by atoms with Crippen LogP contribution in [0.5, 0.6) is 0 Å². The van der Waals surface area contributed by atoms with Crippen molar-refractivity contribution in [2.75, 3.05) is 6.61 Å². The number of hydrogen-bond acceptors (Lipinski definition) is 4. The van der Waals surface area contributed by atoms with Gasteiger partial charge in [0.15, 0.2) is 0 Å². The monoisotopic (exact) mass is 386 g/mol. The third-order valence-corrected chi connectivity index (χ3v) is 5.58. The standard InChI is InChI=1S/C18H24F2N2O3S/c1-6-25-17(23)22-8-7-13-14(16(19)20)9-12(10-15(13)22)11(2)21-26(24)18(3,4)5/h7-11,16,21H,6H2,1-5H3/t11?,26-/m1/s1. The van der Waals surface area contributed by atoms with Crippen LogP contribution in [-0.4, -0.2) is 26.6 Å². The van der Waals surface area contributed by atoms with Gasteiger partial charge in [-0.25, -0.2) is 13.6 Å². The van der Waals surface area contributed by atoms with E-state index in [9.17, 15) is 18.1 Å². The van der Waals surface area contributed by atoms with Gasteiger partial charge >= 0.3 is 6.09 Å². The van der Waals surface area contributed by atoms with Gasteiger partial charge in [0.05, 0.1) is 18.2 Å². The second-order valence-corrected chi connectivity index (χ2v) is 8.95. The largest absolute Gasteiger partial charge is 0.598 e. The fourth-order valence-electron chi connectivity index (χ4n) is 2.48. The maximum atomic E-state index is 13.5. The minimum atomic E-state index is -2.70. The van der Waals surface area contributed by atoms with E-state index in [0.717, 1.165) is 0 Å². The molecule has 0 spiro atoms. The van der Waals surface area contributed by atoms with Crippen LogP contribution >= 0.6 is 0 Å². The third kappa shape index (κ3) is 4.36. The van der Waals surface area contributed by atoms with E-state index in [-0.39, 0.29) is 12.2 Å². The number of rotatable bonds is 5. The predicted molar refractivity (Wildman–Crippen MR) is 98.8 cm³/mol. The van der Waals surface area contributed by atoms with Crippen molar-refractivity contribution < 1.29 is 22.9 Å². The molecule has 144 valence electrons. The Balaban J connectivity index is 2.50. The van der Waals surface area contributed by atoms with Gasteiger partial charge in [-0.2, -0.15) is 0 Å². The molecule has 1 heterocycles. The Kier molecular flexibility index (Phi) is 6.31. The second kappa shape index (κ2) is 7.94. The van der Waals surface area contributed by atoms with Crippen LogP contribution in [-0.2, 0) is 16.1 Å². The number of benzene rings is 1. The summed E-state index contributed by atoms with van der Waals surface area (Å²) in [6.07, 6.45) is -1.90. The maximum absolute atomic E-state index is 13.5. The lowest BCUT2D eigenvalue weighted by Gasteiger charge is -2.26. The molecule has 0 aliphatic rings. The van der Waals surface area contributed by atoms with E-state index in [1.54, 1.807) is 19.9 Å². The summed E-state index contributed by atoms with van der Waals surface area (Å²) in [6.45, 7) is 9.07. The van der Waals surface area contributed by atoms with E-state index in [1.807, 2.05) is 20.8 Å². The molecule has 8 heteroatoms. The number of carbonyl (C=O) groups excluding carboxylic acids is 1. The van der Waals surface area contributed by atoms with Crippen molar-refractivity contribution >= 4 is 28.4 Å². The van der Waals surface area contributed by atoms with Crippen molar-refractivity contribution in [2.24, 2.45) is 0 Å². The number of fused-ring (bicyclic) bond motifs is 1. The van der Waals surface area contributed by atoms with Crippen LogP contribution in [0.1, 0.15) is 58.2 Å². The number of hydrogen-bond donors (Lipinski definition) is 1. The molecule has 5 nitrogen and oxygen atoms in total. The van der Waals surface area contributed by atoms with Crippen molar-refractivity contribution in [1.82, 2.24) is 9.29 Å². The highest BCUT2D eigenvalue weighted by molar-refractivity contribution is 7.90. The Bertz CT molecular complexity index is 787. The highest BCUT2D eigenvalue weighted by atomic mass is 32.2. The minimum Gasteiger partial charge on any atom is -0.598 e. The summed E-state index contributed by atoms with van der Waals surface area (Å²) in [5.74, 6) is 0.